The molecule has 3 aromatic carbocycles. The highest BCUT2D eigenvalue weighted by molar-refractivity contribution is 7.91. The summed E-state index contributed by atoms with van der Waals surface area (Å²) in [6, 6.07) is 17.6. The Balaban J connectivity index is 1.32. The number of amidine groups is 1. The van der Waals surface area contributed by atoms with E-state index in [1.54, 1.807) is 24.3 Å². The van der Waals surface area contributed by atoms with Crippen molar-refractivity contribution in [3.63, 3.8) is 0 Å². The monoisotopic (exact) mass is 598 g/mol. The molecule has 3 aromatic rings. The van der Waals surface area contributed by atoms with Gasteiger partial charge in [-0.25, -0.2) is 26.4 Å². The summed E-state index contributed by atoms with van der Waals surface area (Å²) >= 11 is 0. The molecule has 1 saturated heterocycles. The number of carbonyl (C=O) groups is 2. The first-order valence-corrected chi connectivity index (χ1v) is 15.8. The average molecular weight is 599 g/mol. The molecule has 1 aliphatic rings. The summed E-state index contributed by atoms with van der Waals surface area (Å²) in [7, 11) is -7.44. The number of ketones is 1. The van der Waals surface area contributed by atoms with Gasteiger partial charge in [0.25, 0.3) is 0 Å². The second-order valence-electron chi connectivity index (χ2n) is 9.31. The molecule has 14 heteroatoms. The summed E-state index contributed by atoms with van der Waals surface area (Å²) in [5, 5.41) is 13.8. The van der Waals surface area contributed by atoms with Crippen molar-refractivity contribution in [2.75, 3.05) is 29.6 Å². The van der Waals surface area contributed by atoms with E-state index in [1.807, 2.05) is 4.90 Å². The zero-order chi connectivity index (χ0) is 29.6. The van der Waals surface area contributed by atoms with Gasteiger partial charge < -0.3 is 21.3 Å². The molecule has 0 aliphatic carbocycles. The number of rotatable bonds is 9. The van der Waals surface area contributed by atoms with Crippen molar-refractivity contribution in [1.82, 2.24) is 9.62 Å². The highest BCUT2D eigenvalue weighted by atomic mass is 32.2. The molecular weight excluding hydrogens is 568 g/mol. The first-order valence-electron chi connectivity index (χ1n) is 12.6. The first kappa shape index (κ1) is 29.9. The second-order valence-corrected chi connectivity index (χ2v) is 13.1. The Morgan fingerprint density at radius 2 is 1.46 bits per heavy atom. The molecule has 216 valence electrons. The first-order chi connectivity index (χ1) is 19.5. The molecule has 1 fully saturated rings. The number of benzene rings is 3. The highest BCUT2D eigenvalue weighted by Gasteiger charge is 2.20. The quantitative estimate of drug-likeness (QED) is 0.183. The van der Waals surface area contributed by atoms with Crippen LogP contribution in [0.1, 0.15) is 24.0 Å². The van der Waals surface area contributed by atoms with Gasteiger partial charge in [0, 0.05) is 49.4 Å². The van der Waals surface area contributed by atoms with E-state index >= 15 is 0 Å². The van der Waals surface area contributed by atoms with E-state index in [-0.39, 0.29) is 28.0 Å². The summed E-state index contributed by atoms with van der Waals surface area (Å²) in [5.74, 6) is -0.0502. The maximum Gasteiger partial charge on any atom is 0.323 e. The number of likely N-dealkylation sites (tertiary alicyclic amines) is 1. The maximum absolute atomic E-state index is 12.7. The number of sulfonamides is 1. The van der Waals surface area contributed by atoms with Crippen LogP contribution in [0.5, 0.6) is 0 Å². The summed E-state index contributed by atoms with van der Waals surface area (Å²) in [6.45, 7) is 0.928. The smallest absolute Gasteiger partial charge is 0.323 e. The lowest BCUT2D eigenvalue weighted by molar-refractivity contribution is -0.120. The molecule has 1 heterocycles. The highest BCUT2D eigenvalue weighted by Crippen LogP contribution is 2.18. The summed E-state index contributed by atoms with van der Waals surface area (Å²) in [5.41, 5.74) is 7.24. The van der Waals surface area contributed by atoms with Crippen molar-refractivity contribution >= 4 is 48.9 Å². The van der Waals surface area contributed by atoms with Gasteiger partial charge in [0.2, 0.25) is 10.0 Å². The molecule has 0 unspecified atom stereocenters. The fourth-order valence-corrected chi connectivity index (χ4v) is 5.85. The van der Waals surface area contributed by atoms with Gasteiger partial charge in [-0.1, -0.05) is 24.3 Å². The Labute approximate surface area is 238 Å². The number of anilines is 2. The Hall–Kier alpha value is -4.11. The van der Waals surface area contributed by atoms with E-state index in [0.717, 1.165) is 0 Å². The molecule has 4 rings (SSSR count). The van der Waals surface area contributed by atoms with Gasteiger partial charge in [-0.05, 0) is 54.1 Å². The van der Waals surface area contributed by atoms with Crippen LogP contribution in [0.3, 0.4) is 0 Å². The summed E-state index contributed by atoms with van der Waals surface area (Å²) in [6.07, 6.45) is 0.826. The molecule has 0 radical (unpaired) electrons. The Kier molecular flexibility index (Phi) is 9.18. The van der Waals surface area contributed by atoms with E-state index in [4.69, 9.17) is 11.1 Å². The SMILES string of the molecule is N=C(c1cccc(NC(=O)Nc2ccc(S(=O)(=O)NCc3ccc(S(=O)(=O)CN)cc3)cc2)c1)N1CCC(=O)CC1. The number of hydrogen-bond donors (Lipinski definition) is 5. The average Bonchev–Trinajstić information content (AvgIpc) is 2.97. The van der Waals surface area contributed by atoms with Crippen LogP contribution >= 0.6 is 0 Å². The van der Waals surface area contributed by atoms with Gasteiger partial charge in [0.1, 0.15) is 17.5 Å². The van der Waals surface area contributed by atoms with Crippen molar-refractivity contribution in [3.05, 3.63) is 83.9 Å². The van der Waals surface area contributed by atoms with E-state index in [1.165, 1.54) is 48.5 Å². The van der Waals surface area contributed by atoms with Gasteiger partial charge in [0.05, 0.1) is 9.79 Å². The molecule has 41 heavy (non-hydrogen) atoms. The van der Waals surface area contributed by atoms with Gasteiger partial charge in [-0.15, -0.1) is 0 Å². The Morgan fingerprint density at radius 3 is 2.10 bits per heavy atom. The third kappa shape index (κ3) is 7.76. The van der Waals surface area contributed by atoms with Crippen LogP contribution in [0.25, 0.3) is 0 Å². The molecule has 0 atom stereocenters. The standard InChI is InChI=1S/C27H30N6O6S2/c28-18-40(36,37)24-8-4-19(5-9-24)17-30-41(38,39)25-10-6-21(7-11-25)31-27(35)32-22-3-1-2-20(16-22)26(29)33-14-12-23(34)13-15-33/h1-11,16,29-30H,12-15,17-18,28H2,(H2,31,32,35). The molecule has 2 amide bonds. The van der Waals surface area contributed by atoms with Gasteiger partial charge >= 0.3 is 6.03 Å². The number of nitrogens with two attached hydrogens (primary N) is 1. The van der Waals surface area contributed by atoms with Crippen molar-refractivity contribution < 1.29 is 26.4 Å². The number of piperidine rings is 1. The number of hydrogen-bond acceptors (Lipinski definition) is 8. The fraction of sp³-hybridized carbons (Fsp3) is 0.222. The number of nitrogens with zero attached hydrogens (tertiary/aromatic N) is 1. The fourth-order valence-electron chi connectivity index (χ4n) is 4.09. The van der Waals surface area contributed by atoms with Crippen molar-refractivity contribution in [2.45, 2.75) is 29.2 Å². The molecule has 0 aromatic heterocycles. The van der Waals surface area contributed by atoms with Crippen LogP contribution < -0.4 is 21.1 Å². The molecule has 0 bridgehead atoms. The van der Waals surface area contributed by atoms with Crippen LogP contribution in [-0.2, 0) is 31.2 Å². The topological polar surface area (TPSA) is 192 Å². The number of carbonyl (C=O) groups excluding carboxylic acids is 2. The zero-order valence-electron chi connectivity index (χ0n) is 22.0. The van der Waals surface area contributed by atoms with Crippen molar-refractivity contribution in [3.8, 4) is 0 Å². The summed E-state index contributed by atoms with van der Waals surface area (Å²) < 4.78 is 51.5. The van der Waals surface area contributed by atoms with Gasteiger partial charge in [-0.2, -0.15) is 0 Å². The lowest BCUT2D eigenvalue weighted by Crippen LogP contribution is -2.38. The van der Waals surface area contributed by atoms with Crippen LogP contribution in [0, 0.1) is 5.41 Å². The summed E-state index contributed by atoms with van der Waals surface area (Å²) in [4.78, 5) is 25.9. The van der Waals surface area contributed by atoms with Crippen molar-refractivity contribution in [2.24, 2.45) is 5.73 Å². The second kappa shape index (κ2) is 12.6. The van der Waals surface area contributed by atoms with E-state index < -0.39 is 31.8 Å². The van der Waals surface area contributed by atoms with E-state index in [0.29, 0.717) is 48.4 Å². The predicted octanol–water partition coefficient (Wildman–Crippen LogP) is 2.49. The van der Waals surface area contributed by atoms with Gasteiger partial charge in [-0.3, -0.25) is 10.2 Å². The Bertz CT molecular complexity index is 1650. The third-order valence-electron chi connectivity index (χ3n) is 6.42. The minimum Gasteiger partial charge on any atom is -0.356 e. The maximum atomic E-state index is 12.7. The Morgan fingerprint density at radius 1 is 0.854 bits per heavy atom. The van der Waals surface area contributed by atoms with E-state index in [9.17, 15) is 26.4 Å². The van der Waals surface area contributed by atoms with Crippen molar-refractivity contribution in [1.29, 1.82) is 5.41 Å². The van der Waals surface area contributed by atoms with E-state index in [2.05, 4.69) is 15.4 Å². The lowest BCUT2D eigenvalue weighted by atomic mass is 10.1. The molecule has 12 nitrogen and oxygen atoms in total. The number of urea groups is 1. The molecule has 0 saturated carbocycles. The number of nitrogens with one attached hydrogen (secondary N) is 4. The minimum absolute atomic E-state index is 0.0172. The number of amides is 2. The zero-order valence-corrected chi connectivity index (χ0v) is 23.6. The largest absolute Gasteiger partial charge is 0.356 e. The molecule has 1 aliphatic heterocycles. The number of Topliss-reactive ketones (excluding diaryl/α,β-unsaturated/α-hetero) is 1. The van der Waals surface area contributed by atoms with Crippen LogP contribution in [0.2, 0.25) is 0 Å². The molecule has 0 spiro atoms. The minimum atomic E-state index is -3.88. The van der Waals surface area contributed by atoms with Crippen LogP contribution in [0.15, 0.2) is 82.6 Å². The predicted molar refractivity (Wildman–Crippen MR) is 155 cm³/mol. The molecule has 6 N–H and O–H groups in total. The third-order valence-corrected chi connectivity index (χ3v) is 9.27. The van der Waals surface area contributed by atoms with Crippen LogP contribution in [-0.4, -0.2) is 58.4 Å². The number of sulfone groups is 1. The van der Waals surface area contributed by atoms with Crippen LogP contribution in [0.4, 0.5) is 16.2 Å². The lowest BCUT2D eigenvalue weighted by Gasteiger charge is -2.28. The normalized spacial score (nSPS) is 14.0. The molecular formula is C27H30N6O6S2. The van der Waals surface area contributed by atoms with Gasteiger partial charge in [0.15, 0.2) is 9.84 Å².